The number of hydrogen-bond acceptors (Lipinski definition) is 3. The van der Waals surface area contributed by atoms with Gasteiger partial charge in [0.15, 0.2) is 0 Å². The molecule has 0 aliphatic carbocycles. The van der Waals surface area contributed by atoms with Crippen molar-refractivity contribution >= 4 is 17.4 Å². The summed E-state index contributed by atoms with van der Waals surface area (Å²) >= 11 is 0. The second-order valence-corrected chi connectivity index (χ2v) is 4.91. The van der Waals surface area contributed by atoms with E-state index in [1.807, 2.05) is 31.2 Å². The monoisotopic (exact) mass is 275 g/mol. The van der Waals surface area contributed by atoms with Crippen LogP contribution in [0.1, 0.15) is 6.92 Å². The normalized spacial score (nSPS) is 14.8. The van der Waals surface area contributed by atoms with Crippen LogP contribution in [-0.4, -0.2) is 38.9 Å². The Hall–Kier alpha value is -2.01. The summed E-state index contributed by atoms with van der Waals surface area (Å²) < 4.78 is 5.34. The molecule has 2 rings (SSSR count). The number of carbonyl (C=O) groups is 1. The minimum absolute atomic E-state index is 0.216. The summed E-state index contributed by atoms with van der Waals surface area (Å²) in [6.45, 7) is 9.36. The highest BCUT2D eigenvalue weighted by molar-refractivity contribution is 5.89. The van der Waals surface area contributed by atoms with Gasteiger partial charge in [0.1, 0.15) is 0 Å². The zero-order valence-electron chi connectivity index (χ0n) is 11.8. The number of nitrogens with zero attached hydrogens (tertiary/aromatic N) is 1. The van der Waals surface area contributed by atoms with Crippen LogP contribution in [0, 0.1) is 0 Å². The van der Waals surface area contributed by atoms with Gasteiger partial charge in [-0.15, -0.1) is 0 Å². The van der Waals surface area contributed by atoms with Gasteiger partial charge in [0, 0.05) is 31.0 Å². The zero-order chi connectivity index (χ0) is 14.4. The molecule has 5 heteroatoms. The quantitative estimate of drug-likeness (QED) is 0.828. The van der Waals surface area contributed by atoms with Crippen LogP contribution in [0.25, 0.3) is 0 Å². The van der Waals surface area contributed by atoms with Crippen molar-refractivity contribution in [3.05, 3.63) is 36.4 Å². The van der Waals surface area contributed by atoms with E-state index in [4.69, 9.17) is 4.74 Å². The third-order valence-corrected chi connectivity index (χ3v) is 3.03. The molecule has 1 aromatic rings. The Kier molecular flexibility index (Phi) is 5.01. The third-order valence-electron chi connectivity index (χ3n) is 3.03. The van der Waals surface area contributed by atoms with Gasteiger partial charge in [0.2, 0.25) is 0 Å². The van der Waals surface area contributed by atoms with Crippen LogP contribution >= 0.6 is 0 Å². The van der Waals surface area contributed by atoms with Gasteiger partial charge in [-0.25, -0.2) is 4.79 Å². The Morgan fingerprint density at radius 1 is 1.40 bits per heavy atom. The summed E-state index contributed by atoms with van der Waals surface area (Å²) in [4.78, 5) is 14.0. The molecule has 1 aliphatic rings. The summed E-state index contributed by atoms with van der Waals surface area (Å²) in [5.41, 5.74) is 2.81. The number of ether oxygens (including phenoxy) is 1. The maximum Gasteiger partial charge on any atom is 0.319 e. The Labute approximate surface area is 119 Å². The number of benzene rings is 1. The number of morpholine rings is 1. The van der Waals surface area contributed by atoms with Gasteiger partial charge in [-0.2, -0.15) is 0 Å². The maximum absolute atomic E-state index is 11.7. The molecule has 0 saturated carbocycles. The molecule has 20 heavy (non-hydrogen) atoms. The van der Waals surface area contributed by atoms with Crippen molar-refractivity contribution in [1.29, 1.82) is 0 Å². The molecule has 1 heterocycles. The lowest BCUT2D eigenvalue weighted by Crippen LogP contribution is -2.36. The van der Waals surface area contributed by atoms with E-state index < -0.39 is 0 Å². The van der Waals surface area contributed by atoms with Gasteiger partial charge in [-0.3, -0.25) is 0 Å². The van der Waals surface area contributed by atoms with Gasteiger partial charge in [0.05, 0.1) is 13.2 Å². The van der Waals surface area contributed by atoms with E-state index >= 15 is 0 Å². The number of amides is 2. The molecular formula is C15H21N3O2. The molecule has 0 radical (unpaired) electrons. The predicted octanol–water partition coefficient (Wildman–Crippen LogP) is 2.22. The van der Waals surface area contributed by atoms with Crippen LogP contribution < -0.4 is 15.5 Å². The number of rotatable bonds is 4. The van der Waals surface area contributed by atoms with Crippen LogP contribution in [0.3, 0.4) is 0 Å². The number of anilines is 2. The van der Waals surface area contributed by atoms with Crippen molar-refractivity contribution < 1.29 is 9.53 Å². The van der Waals surface area contributed by atoms with Crippen molar-refractivity contribution in [2.45, 2.75) is 6.92 Å². The van der Waals surface area contributed by atoms with Crippen molar-refractivity contribution in [3.8, 4) is 0 Å². The van der Waals surface area contributed by atoms with Crippen molar-refractivity contribution in [2.24, 2.45) is 0 Å². The van der Waals surface area contributed by atoms with E-state index in [-0.39, 0.29) is 6.03 Å². The summed E-state index contributed by atoms with van der Waals surface area (Å²) in [5, 5.41) is 5.57. The number of urea groups is 1. The van der Waals surface area contributed by atoms with E-state index in [1.165, 1.54) is 0 Å². The molecule has 1 aromatic carbocycles. The summed E-state index contributed by atoms with van der Waals surface area (Å²) in [6.07, 6.45) is 0. The number of carbonyl (C=O) groups excluding carboxylic acids is 1. The van der Waals surface area contributed by atoms with Crippen LogP contribution in [0.5, 0.6) is 0 Å². The fraction of sp³-hybridized carbons (Fsp3) is 0.400. The molecule has 2 amide bonds. The SMILES string of the molecule is C=C(C)CNC(=O)Nc1cccc(N2CCOCC2)c1. The topological polar surface area (TPSA) is 53.6 Å². The summed E-state index contributed by atoms with van der Waals surface area (Å²) in [5.74, 6) is 0. The van der Waals surface area contributed by atoms with Gasteiger partial charge in [0.25, 0.3) is 0 Å². The molecule has 5 nitrogen and oxygen atoms in total. The Bertz CT molecular complexity index is 482. The highest BCUT2D eigenvalue weighted by Gasteiger charge is 2.11. The van der Waals surface area contributed by atoms with Crippen molar-refractivity contribution in [1.82, 2.24) is 5.32 Å². The molecule has 108 valence electrons. The van der Waals surface area contributed by atoms with Crippen LogP contribution in [-0.2, 0) is 4.74 Å². The lowest BCUT2D eigenvalue weighted by atomic mass is 10.2. The second-order valence-electron chi connectivity index (χ2n) is 4.91. The lowest BCUT2D eigenvalue weighted by molar-refractivity contribution is 0.122. The summed E-state index contributed by atoms with van der Waals surface area (Å²) in [7, 11) is 0. The van der Waals surface area contributed by atoms with E-state index in [0.29, 0.717) is 6.54 Å². The van der Waals surface area contributed by atoms with E-state index in [0.717, 1.165) is 43.3 Å². The lowest BCUT2D eigenvalue weighted by Gasteiger charge is -2.29. The first-order chi connectivity index (χ1) is 9.65. The van der Waals surface area contributed by atoms with E-state index in [2.05, 4.69) is 22.1 Å². The minimum Gasteiger partial charge on any atom is -0.378 e. The summed E-state index contributed by atoms with van der Waals surface area (Å²) in [6, 6.07) is 7.63. The van der Waals surface area contributed by atoms with Crippen LogP contribution in [0.15, 0.2) is 36.4 Å². The molecule has 2 N–H and O–H groups in total. The van der Waals surface area contributed by atoms with Crippen LogP contribution in [0.4, 0.5) is 16.2 Å². The Balaban J connectivity index is 1.95. The third kappa shape index (κ3) is 4.28. The first-order valence-electron chi connectivity index (χ1n) is 6.77. The number of nitrogens with one attached hydrogen (secondary N) is 2. The predicted molar refractivity (Wildman–Crippen MR) is 81.3 cm³/mol. The standard InChI is InChI=1S/C15H21N3O2/c1-12(2)11-16-15(19)17-13-4-3-5-14(10-13)18-6-8-20-9-7-18/h3-5,10H,1,6-9,11H2,2H3,(H2,16,17,19). The van der Waals surface area contributed by atoms with Crippen molar-refractivity contribution in [3.63, 3.8) is 0 Å². The zero-order valence-corrected chi connectivity index (χ0v) is 11.8. The molecule has 1 saturated heterocycles. The highest BCUT2D eigenvalue weighted by Crippen LogP contribution is 2.20. The number of hydrogen-bond donors (Lipinski definition) is 2. The Morgan fingerprint density at radius 2 is 2.15 bits per heavy atom. The van der Waals surface area contributed by atoms with E-state index in [1.54, 1.807) is 0 Å². The van der Waals surface area contributed by atoms with Gasteiger partial charge >= 0.3 is 6.03 Å². The smallest absolute Gasteiger partial charge is 0.319 e. The van der Waals surface area contributed by atoms with Gasteiger partial charge in [-0.05, 0) is 25.1 Å². The second kappa shape index (κ2) is 6.96. The van der Waals surface area contributed by atoms with Gasteiger partial charge < -0.3 is 20.3 Å². The van der Waals surface area contributed by atoms with E-state index in [9.17, 15) is 4.79 Å². The molecule has 1 aliphatic heterocycles. The largest absolute Gasteiger partial charge is 0.378 e. The molecule has 0 aromatic heterocycles. The Morgan fingerprint density at radius 3 is 2.85 bits per heavy atom. The molecule has 0 bridgehead atoms. The molecule has 1 fully saturated rings. The molecular weight excluding hydrogens is 254 g/mol. The molecule has 0 spiro atoms. The van der Waals surface area contributed by atoms with Gasteiger partial charge in [-0.1, -0.05) is 18.2 Å². The average molecular weight is 275 g/mol. The minimum atomic E-state index is -0.216. The fourth-order valence-corrected chi connectivity index (χ4v) is 2.01. The first kappa shape index (κ1) is 14.4. The fourth-order valence-electron chi connectivity index (χ4n) is 2.01. The first-order valence-corrected chi connectivity index (χ1v) is 6.77. The average Bonchev–Trinajstić information content (AvgIpc) is 2.46. The highest BCUT2D eigenvalue weighted by atomic mass is 16.5. The molecule has 0 atom stereocenters. The maximum atomic E-state index is 11.7. The van der Waals surface area contributed by atoms with Crippen LogP contribution in [0.2, 0.25) is 0 Å². The molecule has 0 unspecified atom stereocenters. The van der Waals surface area contributed by atoms with Crippen molar-refractivity contribution in [2.75, 3.05) is 43.1 Å².